The molecule has 0 atom stereocenters. The van der Waals surface area contributed by atoms with Crippen LogP contribution in [-0.4, -0.2) is 72.3 Å². The Morgan fingerprint density at radius 1 is 1.00 bits per heavy atom. The molecule has 3 heterocycles. The highest BCUT2D eigenvalue weighted by Crippen LogP contribution is 2.24. The Hall–Kier alpha value is -4.36. The summed E-state index contributed by atoms with van der Waals surface area (Å²) >= 11 is 1.33. The summed E-state index contributed by atoms with van der Waals surface area (Å²) in [5, 5.41) is 25.8. The van der Waals surface area contributed by atoms with E-state index in [0.29, 0.717) is 24.2 Å². The average molecular weight is 553 g/mol. The third-order valence-corrected chi connectivity index (χ3v) is 6.76. The average Bonchev–Trinajstić information content (AvgIpc) is 3.57. The molecule has 0 unspecified atom stereocenters. The highest BCUT2D eigenvalue weighted by atomic mass is 32.1. The lowest BCUT2D eigenvalue weighted by atomic mass is 9.96. The molecule has 4 aromatic rings. The van der Waals surface area contributed by atoms with Gasteiger partial charge in [-0.05, 0) is 56.1 Å². The first kappa shape index (κ1) is 27.7. The maximum atomic E-state index is 12.3. The van der Waals surface area contributed by atoms with Gasteiger partial charge in [0.25, 0.3) is 0 Å². The van der Waals surface area contributed by atoms with Crippen molar-refractivity contribution in [2.45, 2.75) is 26.0 Å². The SMILES string of the molecule is O=C(CN1CCC(Cn2c(COc3ccccc3)nc3ccccc32)CC1)Nc1nncs1.O=C(O)C(=O)O. The van der Waals surface area contributed by atoms with Crippen molar-refractivity contribution in [3.63, 3.8) is 0 Å². The van der Waals surface area contributed by atoms with Crippen LogP contribution < -0.4 is 10.1 Å². The number of hydrogen-bond donors (Lipinski definition) is 3. The minimum absolute atomic E-state index is 0.0360. The van der Waals surface area contributed by atoms with Gasteiger partial charge in [0, 0.05) is 6.54 Å². The Morgan fingerprint density at radius 2 is 1.69 bits per heavy atom. The summed E-state index contributed by atoms with van der Waals surface area (Å²) in [7, 11) is 0. The smallest absolute Gasteiger partial charge is 0.414 e. The van der Waals surface area contributed by atoms with Gasteiger partial charge in [-0.25, -0.2) is 14.6 Å². The number of amides is 1. The monoisotopic (exact) mass is 552 g/mol. The zero-order valence-electron chi connectivity index (χ0n) is 21.0. The molecule has 1 aliphatic heterocycles. The molecule has 0 radical (unpaired) electrons. The van der Waals surface area contributed by atoms with E-state index in [2.05, 4.69) is 43.2 Å². The Balaban J connectivity index is 0.000000531. The van der Waals surface area contributed by atoms with Gasteiger partial charge in [-0.3, -0.25) is 15.0 Å². The number of rotatable bonds is 8. The van der Waals surface area contributed by atoms with Crippen LogP contribution in [-0.2, 0) is 27.5 Å². The normalized spacial score (nSPS) is 13.8. The summed E-state index contributed by atoms with van der Waals surface area (Å²) in [5.41, 5.74) is 3.75. The number of aromatic nitrogens is 4. The zero-order chi connectivity index (χ0) is 27.6. The van der Waals surface area contributed by atoms with Crippen molar-refractivity contribution < 1.29 is 29.3 Å². The van der Waals surface area contributed by atoms with Crippen molar-refractivity contribution >= 4 is 45.3 Å². The molecule has 1 aliphatic rings. The van der Waals surface area contributed by atoms with Crippen LogP contribution in [0, 0.1) is 5.92 Å². The molecule has 3 N–H and O–H groups in total. The number of imidazole rings is 1. The first-order valence-electron chi connectivity index (χ1n) is 12.3. The maximum Gasteiger partial charge on any atom is 0.414 e. The number of fused-ring (bicyclic) bond motifs is 1. The van der Waals surface area contributed by atoms with Gasteiger partial charge in [0.2, 0.25) is 11.0 Å². The minimum atomic E-state index is -1.82. The van der Waals surface area contributed by atoms with Crippen molar-refractivity contribution in [2.24, 2.45) is 5.92 Å². The van der Waals surface area contributed by atoms with Gasteiger partial charge in [0.15, 0.2) is 0 Å². The number of carboxylic acids is 2. The van der Waals surface area contributed by atoms with Crippen LogP contribution in [0.5, 0.6) is 5.75 Å². The first-order valence-corrected chi connectivity index (χ1v) is 13.1. The molecule has 2 aromatic heterocycles. The number of para-hydroxylation sites is 3. The molecule has 0 bridgehead atoms. The Bertz CT molecular complexity index is 1370. The second-order valence-corrected chi connectivity index (χ2v) is 9.68. The van der Waals surface area contributed by atoms with Crippen LogP contribution in [0.3, 0.4) is 0 Å². The van der Waals surface area contributed by atoms with Gasteiger partial charge >= 0.3 is 11.9 Å². The second-order valence-electron chi connectivity index (χ2n) is 8.85. The fourth-order valence-electron chi connectivity index (χ4n) is 4.28. The van der Waals surface area contributed by atoms with E-state index in [9.17, 15) is 4.79 Å². The number of carbonyl (C=O) groups excluding carboxylic acids is 1. The number of piperidine rings is 1. The number of aliphatic carboxylic acids is 2. The summed E-state index contributed by atoms with van der Waals surface area (Å²) in [4.78, 5) is 37.5. The van der Waals surface area contributed by atoms with Crippen molar-refractivity contribution in [2.75, 3.05) is 25.0 Å². The summed E-state index contributed by atoms with van der Waals surface area (Å²) in [6.07, 6.45) is 2.08. The van der Waals surface area contributed by atoms with E-state index in [0.717, 1.165) is 55.1 Å². The van der Waals surface area contributed by atoms with Crippen molar-refractivity contribution in [1.82, 2.24) is 24.6 Å². The zero-order valence-corrected chi connectivity index (χ0v) is 21.8. The summed E-state index contributed by atoms with van der Waals surface area (Å²) < 4.78 is 8.32. The number of likely N-dealkylation sites (tertiary alicyclic amines) is 1. The molecular weight excluding hydrogens is 524 g/mol. The van der Waals surface area contributed by atoms with Crippen LogP contribution in [0.25, 0.3) is 11.0 Å². The second kappa shape index (κ2) is 13.4. The maximum absolute atomic E-state index is 12.3. The molecule has 0 saturated carbocycles. The van der Waals surface area contributed by atoms with E-state index in [1.165, 1.54) is 11.3 Å². The first-order chi connectivity index (χ1) is 18.9. The topological polar surface area (TPSA) is 160 Å². The Labute approximate surface area is 227 Å². The van der Waals surface area contributed by atoms with Crippen molar-refractivity contribution in [3.8, 4) is 5.75 Å². The van der Waals surface area contributed by atoms with E-state index >= 15 is 0 Å². The minimum Gasteiger partial charge on any atom is -0.486 e. The van der Waals surface area contributed by atoms with E-state index in [-0.39, 0.29) is 5.91 Å². The molecule has 1 fully saturated rings. The van der Waals surface area contributed by atoms with Crippen LogP contribution in [0.2, 0.25) is 0 Å². The number of carboxylic acid groups (broad SMARTS) is 2. The highest BCUT2D eigenvalue weighted by Gasteiger charge is 2.23. The highest BCUT2D eigenvalue weighted by molar-refractivity contribution is 7.13. The molecule has 5 rings (SSSR count). The van der Waals surface area contributed by atoms with E-state index in [1.54, 1.807) is 5.51 Å². The number of hydrogen-bond acceptors (Lipinski definition) is 9. The van der Waals surface area contributed by atoms with Crippen LogP contribution in [0.15, 0.2) is 60.1 Å². The van der Waals surface area contributed by atoms with Gasteiger partial charge in [-0.15, -0.1) is 10.2 Å². The number of anilines is 1. The predicted molar refractivity (Wildman–Crippen MR) is 143 cm³/mol. The number of benzene rings is 2. The molecule has 12 nitrogen and oxygen atoms in total. The Morgan fingerprint density at radius 3 is 2.36 bits per heavy atom. The number of ether oxygens (including phenoxy) is 1. The molecule has 1 saturated heterocycles. The molecule has 204 valence electrons. The summed E-state index contributed by atoms with van der Waals surface area (Å²) in [6, 6.07) is 18.1. The summed E-state index contributed by atoms with van der Waals surface area (Å²) in [6.45, 7) is 3.52. The largest absolute Gasteiger partial charge is 0.486 e. The summed E-state index contributed by atoms with van der Waals surface area (Å²) in [5.74, 6) is -1.37. The number of nitrogens with one attached hydrogen (secondary N) is 1. The standard InChI is InChI=1S/C24H26N6O2S.C2H2O4/c31-23(27-24-28-25-17-33-24)15-29-12-10-18(11-13-29)14-30-21-9-5-4-8-20(21)26-22(30)16-32-19-6-2-1-3-7-19;3-1(4)2(5)6/h1-9,17-18H,10-16H2,(H,27,28,31);(H,3,4)(H,5,6). The molecule has 1 amide bonds. The quantitative estimate of drug-likeness (QED) is 0.277. The van der Waals surface area contributed by atoms with Crippen LogP contribution >= 0.6 is 11.3 Å². The molecule has 0 aliphatic carbocycles. The van der Waals surface area contributed by atoms with Gasteiger partial charge in [-0.2, -0.15) is 0 Å². The predicted octanol–water partition coefficient (Wildman–Crippen LogP) is 2.97. The lowest BCUT2D eigenvalue weighted by Crippen LogP contribution is -2.40. The lowest BCUT2D eigenvalue weighted by molar-refractivity contribution is -0.159. The Kier molecular flexibility index (Phi) is 9.53. The molecule has 13 heteroatoms. The van der Waals surface area contributed by atoms with Crippen LogP contribution in [0.4, 0.5) is 5.13 Å². The van der Waals surface area contributed by atoms with Gasteiger partial charge in [0.05, 0.1) is 17.6 Å². The molecule has 2 aromatic carbocycles. The van der Waals surface area contributed by atoms with Gasteiger partial charge in [0.1, 0.15) is 23.7 Å². The van der Waals surface area contributed by atoms with E-state index < -0.39 is 11.9 Å². The fourth-order valence-corrected chi connectivity index (χ4v) is 4.74. The molecule has 39 heavy (non-hydrogen) atoms. The van der Waals surface area contributed by atoms with Gasteiger partial charge in [-0.1, -0.05) is 41.7 Å². The number of carbonyl (C=O) groups is 3. The number of nitrogens with zero attached hydrogens (tertiary/aromatic N) is 5. The third kappa shape index (κ3) is 8.06. The van der Waals surface area contributed by atoms with E-state index in [1.807, 2.05) is 36.4 Å². The lowest BCUT2D eigenvalue weighted by Gasteiger charge is -2.31. The van der Waals surface area contributed by atoms with E-state index in [4.69, 9.17) is 29.5 Å². The fraction of sp³-hybridized carbons (Fsp3) is 0.308. The molecule has 0 spiro atoms. The van der Waals surface area contributed by atoms with Crippen LogP contribution in [0.1, 0.15) is 18.7 Å². The third-order valence-electron chi connectivity index (χ3n) is 6.15. The van der Waals surface area contributed by atoms with Gasteiger partial charge < -0.3 is 19.5 Å². The van der Waals surface area contributed by atoms with Crippen molar-refractivity contribution in [3.05, 3.63) is 65.9 Å². The molecular formula is C26H28N6O6S. The van der Waals surface area contributed by atoms with Crippen molar-refractivity contribution in [1.29, 1.82) is 0 Å².